The molecule has 0 atom stereocenters. The Morgan fingerprint density at radius 3 is 2.86 bits per heavy atom. The molecule has 4 rings (SSSR count). The first kappa shape index (κ1) is 18.5. The molecule has 144 valence electrons. The highest BCUT2D eigenvalue weighted by molar-refractivity contribution is 7.22. The molecule has 28 heavy (non-hydrogen) atoms. The predicted octanol–water partition coefficient (Wildman–Crippen LogP) is 4.76. The SMILES string of the molecule is CCOc1ccc2nc(NC(=O)c3oc4ccccc4c3CN(C)C)sc2c1. The number of ether oxygens (including phenoxy) is 1. The summed E-state index contributed by atoms with van der Waals surface area (Å²) in [5, 5.41) is 4.37. The van der Waals surface area contributed by atoms with E-state index >= 15 is 0 Å². The summed E-state index contributed by atoms with van der Waals surface area (Å²) in [5.74, 6) is 0.823. The summed E-state index contributed by atoms with van der Waals surface area (Å²) in [4.78, 5) is 19.5. The number of aromatic nitrogens is 1. The number of benzene rings is 2. The lowest BCUT2D eigenvalue weighted by atomic mass is 10.1. The van der Waals surface area contributed by atoms with Crippen molar-refractivity contribution in [2.24, 2.45) is 0 Å². The van der Waals surface area contributed by atoms with Gasteiger partial charge in [0.15, 0.2) is 10.9 Å². The lowest BCUT2D eigenvalue weighted by molar-refractivity contribution is 0.0996. The van der Waals surface area contributed by atoms with E-state index in [0.29, 0.717) is 29.6 Å². The molecular weight excluding hydrogens is 374 g/mol. The minimum Gasteiger partial charge on any atom is -0.494 e. The molecule has 1 N–H and O–H groups in total. The number of carbonyl (C=O) groups is 1. The average molecular weight is 395 g/mol. The smallest absolute Gasteiger partial charge is 0.293 e. The van der Waals surface area contributed by atoms with Crippen LogP contribution >= 0.6 is 11.3 Å². The number of fused-ring (bicyclic) bond motifs is 2. The molecule has 0 fully saturated rings. The van der Waals surface area contributed by atoms with Gasteiger partial charge in [-0.25, -0.2) is 4.98 Å². The van der Waals surface area contributed by atoms with E-state index in [0.717, 1.165) is 26.9 Å². The van der Waals surface area contributed by atoms with Crippen molar-refractivity contribution in [1.82, 2.24) is 9.88 Å². The number of amides is 1. The van der Waals surface area contributed by atoms with Gasteiger partial charge in [0.25, 0.3) is 5.91 Å². The molecule has 0 aliphatic carbocycles. The first-order valence-corrected chi connectivity index (χ1v) is 9.86. The molecule has 0 saturated heterocycles. The second-order valence-electron chi connectivity index (χ2n) is 6.68. The number of para-hydroxylation sites is 1. The van der Waals surface area contributed by atoms with Gasteiger partial charge in [0.1, 0.15) is 11.3 Å². The lowest BCUT2D eigenvalue weighted by Gasteiger charge is -2.09. The minimum atomic E-state index is -0.294. The Kier molecular flexibility index (Phi) is 5.02. The van der Waals surface area contributed by atoms with Crippen molar-refractivity contribution < 1.29 is 13.9 Å². The van der Waals surface area contributed by atoms with E-state index in [4.69, 9.17) is 9.15 Å². The van der Waals surface area contributed by atoms with Crippen LogP contribution in [0.1, 0.15) is 23.0 Å². The molecule has 0 bridgehead atoms. The van der Waals surface area contributed by atoms with E-state index < -0.39 is 0 Å². The monoisotopic (exact) mass is 395 g/mol. The van der Waals surface area contributed by atoms with Crippen LogP contribution in [0.25, 0.3) is 21.2 Å². The number of anilines is 1. The van der Waals surface area contributed by atoms with Gasteiger partial charge in [-0.3, -0.25) is 10.1 Å². The lowest BCUT2D eigenvalue weighted by Crippen LogP contribution is -2.17. The van der Waals surface area contributed by atoms with Crippen LogP contribution in [0.3, 0.4) is 0 Å². The Labute approximate surface area is 166 Å². The van der Waals surface area contributed by atoms with Crippen LogP contribution in [0.5, 0.6) is 5.75 Å². The number of rotatable bonds is 6. The molecule has 0 spiro atoms. The number of carbonyl (C=O) groups excluding carboxylic acids is 1. The van der Waals surface area contributed by atoms with Crippen molar-refractivity contribution in [3.63, 3.8) is 0 Å². The molecular formula is C21H21N3O3S. The number of hydrogen-bond acceptors (Lipinski definition) is 6. The molecule has 6 nitrogen and oxygen atoms in total. The maximum absolute atomic E-state index is 13.0. The van der Waals surface area contributed by atoms with Crippen molar-refractivity contribution in [2.75, 3.05) is 26.0 Å². The third kappa shape index (κ3) is 3.58. The zero-order valence-corrected chi connectivity index (χ0v) is 16.8. The molecule has 2 aromatic carbocycles. The predicted molar refractivity (Wildman–Crippen MR) is 112 cm³/mol. The Balaban J connectivity index is 1.65. The third-order valence-electron chi connectivity index (χ3n) is 4.27. The summed E-state index contributed by atoms with van der Waals surface area (Å²) in [6, 6.07) is 13.4. The zero-order chi connectivity index (χ0) is 19.7. The first-order chi connectivity index (χ1) is 13.5. The summed E-state index contributed by atoms with van der Waals surface area (Å²) >= 11 is 1.41. The highest BCUT2D eigenvalue weighted by Gasteiger charge is 2.22. The van der Waals surface area contributed by atoms with Crippen molar-refractivity contribution in [2.45, 2.75) is 13.5 Å². The van der Waals surface area contributed by atoms with Crippen LogP contribution in [-0.4, -0.2) is 36.5 Å². The Morgan fingerprint density at radius 2 is 2.07 bits per heavy atom. The van der Waals surface area contributed by atoms with Crippen LogP contribution in [0.2, 0.25) is 0 Å². The van der Waals surface area contributed by atoms with Gasteiger partial charge in [-0.2, -0.15) is 0 Å². The maximum Gasteiger partial charge on any atom is 0.293 e. The first-order valence-electron chi connectivity index (χ1n) is 9.05. The minimum absolute atomic E-state index is 0.294. The van der Waals surface area contributed by atoms with E-state index in [-0.39, 0.29) is 5.91 Å². The molecule has 0 aliphatic rings. The molecule has 7 heteroatoms. The Morgan fingerprint density at radius 1 is 1.25 bits per heavy atom. The second-order valence-corrected chi connectivity index (χ2v) is 7.71. The number of nitrogens with zero attached hydrogens (tertiary/aromatic N) is 2. The van der Waals surface area contributed by atoms with E-state index in [2.05, 4.69) is 10.3 Å². The van der Waals surface area contributed by atoms with Gasteiger partial charge in [-0.15, -0.1) is 0 Å². The Hall–Kier alpha value is -2.90. The number of hydrogen-bond donors (Lipinski definition) is 1. The van der Waals surface area contributed by atoms with Crippen LogP contribution in [0, 0.1) is 0 Å². The van der Waals surface area contributed by atoms with Crippen LogP contribution < -0.4 is 10.1 Å². The topological polar surface area (TPSA) is 67.6 Å². The number of furan rings is 1. The molecule has 0 radical (unpaired) electrons. The molecule has 2 aromatic heterocycles. The quantitative estimate of drug-likeness (QED) is 0.510. The molecule has 0 aliphatic heterocycles. The van der Waals surface area contributed by atoms with E-state index in [9.17, 15) is 4.79 Å². The van der Waals surface area contributed by atoms with Gasteiger partial charge < -0.3 is 14.1 Å². The highest BCUT2D eigenvalue weighted by atomic mass is 32.1. The van der Waals surface area contributed by atoms with E-state index in [1.165, 1.54) is 11.3 Å². The molecule has 4 aromatic rings. The highest BCUT2D eigenvalue weighted by Crippen LogP contribution is 2.31. The number of thiazole rings is 1. The fourth-order valence-corrected chi connectivity index (χ4v) is 4.01. The number of nitrogens with one attached hydrogen (secondary N) is 1. The third-order valence-corrected chi connectivity index (χ3v) is 5.20. The summed E-state index contributed by atoms with van der Waals surface area (Å²) in [6.45, 7) is 3.16. The van der Waals surface area contributed by atoms with E-state index in [1.807, 2.05) is 68.4 Å². The second kappa shape index (κ2) is 7.61. The van der Waals surface area contributed by atoms with Crippen molar-refractivity contribution in [1.29, 1.82) is 0 Å². The van der Waals surface area contributed by atoms with Gasteiger partial charge in [0.2, 0.25) is 0 Å². The molecule has 0 saturated carbocycles. The van der Waals surface area contributed by atoms with Gasteiger partial charge in [0, 0.05) is 17.5 Å². The maximum atomic E-state index is 13.0. The summed E-state index contributed by atoms with van der Waals surface area (Å²) in [7, 11) is 3.93. The standard InChI is InChI=1S/C21H21N3O3S/c1-4-26-13-9-10-16-18(11-13)28-21(22-16)23-20(25)19-15(12-24(2)3)14-7-5-6-8-17(14)27-19/h5-11H,4,12H2,1-3H3,(H,22,23,25). The normalized spacial score (nSPS) is 11.4. The molecule has 1 amide bonds. The van der Waals surface area contributed by atoms with Crippen molar-refractivity contribution >= 4 is 43.6 Å². The van der Waals surface area contributed by atoms with Crippen LogP contribution in [0.4, 0.5) is 5.13 Å². The summed E-state index contributed by atoms with van der Waals surface area (Å²) < 4.78 is 12.4. The zero-order valence-electron chi connectivity index (χ0n) is 16.0. The fourth-order valence-electron chi connectivity index (χ4n) is 3.12. The summed E-state index contributed by atoms with van der Waals surface area (Å²) in [6.07, 6.45) is 0. The Bertz CT molecular complexity index is 1150. The fraction of sp³-hybridized carbons (Fsp3) is 0.238. The average Bonchev–Trinajstić information content (AvgIpc) is 3.22. The van der Waals surface area contributed by atoms with Gasteiger partial charge in [-0.05, 0) is 45.3 Å². The van der Waals surface area contributed by atoms with E-state index in [1.54, 1.807) is 0 Å². The van der Waals surface area contributed by atoms with Crippen LogP contribution in [0.15, 0.2) is 46.9 Å². The van der Waals surface area contributed by atoms with Crippen molar-refractivity contribution in [3.05, 3.63) is 53.8 Å². The van der Waals surface area contributed by atoms with Crippen LogP contribution in [-0.2, 0) is 6.54 Å². The van der Waals surface area contributed by atoms with Gasteiger partial charge in [0.05, 0.1) is 16.8 Å². The molecule has 2 heterocycles. The largest absolute Gasteiger partial charge is 0.494 e. The molecule has 0 unspecified atom stereocenters. The van der Waals surface area contributed by atoms with Gasteiger partial charge >= 0.3 is 0 Å². The van der Waals surface area contributed by atoms with Crippen molar-refractivity contribution in [3.8, 4) is 5.75 Å². The van der Waals surface area contributed by atoms with Gasteiger partial charge in [-0.1, -0.05) is 29.5 Å². The summed E-state index contributed by atoms with van der Waals surface area (Å²) in [5.41, 5.74) is 2.40.